The second-order valence-electron chi connectivity index (χ2n) is 7.95. The van der Waals surface area contributed by atoms with Crippen molar-refractivity contribution in [2.45, 2.75) is 19.5 Å². The van der Waals surface area contributed by atoms with E-state index in [-0.39, 0.29) is 29.5 Å². The number of carbonyl (C=O) groups is 3. The minimum absolute atomic E-state index is 0.0717. The van der Waals surface area contributed by atoms with E-state index in [1.54, 1.807) is 14.0 Å². The molecule has 4 rings (SSSR count). The maximum atomic E-state index is 13.7. The van der Waals surface area contributed by atoms with Gasteiger partial charge in [-0.25, -0.2) is 9.07 Å². The molecule has 0 saturated carbocycles. The van der Waals surface area contributed by atoms with E-state index in [1.807, 2.05) is 30.3 Å². The van der Waals surface area contributed by atoms with E-state index in [0.29, 0.717) is 18.7 Å². The van der Waals surface area contributed by atoms with Crippen molar-refractivity contribution < 1.29 is 23.9 Å². The number of fused-ring (bicyclic) bond motifs is 1. The molecule has 0 radical (unpaired) electrons. The van der Waals surface area contributed by atoms with E-state index in [1.165, 1.54) is 21.7 Å². The number of nitrogens with zero attached hydrogens (tertiary/aromatic N) is 3. The number of aromatic nitrogens is 2. The summed E-state index contributed by atoms with van der Waals surface area (Å²) in [6.07, 6.45) is 0. The zero-order chi connectivity index (χ0) is 24.4. The van der Waals surface area contributed by atoms with E-state index in [2.05, 4.69) is 15.7 Å². The molecule has 2 aromatic carbocycles. The van der Waals surface area contributed by atoms with E-state index < -0.39 is 29.3 Å². The first kappa shape index (κ1) is 23.0. The Balaban J connectivity index is 1.62. The number of halogens is 1. The van der Waals surface area contributed by atoms with Crippen molar-refractivity contribution in [3.05, 3.63) is 82.4 Å². The molecular formula is C24H24FN5O4. The molecule has 0 bridgehead atoms. The number of aromatic hydroxyl groups is 1. The van der Waals surface area contributed by atoms with Gasteiger partial charge in [0.15, 0.2) is 17.1 Å². The predicted molar refractivity (Wildman–Crippen MR) is 121 cm³/mol. The third kappa shape index (κ3) is 4.21. The quantitative estimate of drug-likeness (QED) is 0.516. The van der Waals surface area contributed by atoms with Crippen LogP contribution in [0.15, 0.2) is 48.5 Å². The van der Waals surface area contributed by atoms with Gasteiger partial charge in [-0.05, 0) is 30.2 Å². The van der Waals surface area contributed by atoms with Crippen LogP contribution in [0.1, 0.15) is 55.4 Å². The normalized spacial score (nSPS) is 15.1. The summed E-state index contributed by atoms with van der Waals surface area (Å²) in [5.41, 5.74) is 0.979. The molecule has 34 heavy (non-hydrogen) atoms. The topological polar surface area (TPSA) is 117 Å². The van der Waals surface area contributed by atoms with Crippen LogP contribution in [-0.2, 0) is 6.54 Å². The highest BCUT2D eigenvalue weighted by atomic mass is 19.1. The Morgan fingerprint density at radius 2 is 1.88 bits per heavy atom. The van der Waals surface area contributed by atoms with Crippen LogP contribution in [0, 0.1) is 5.82 Å². The minimum atomic E-state index is -0.729. The van der Waals surface area contributed by atoms with Gasteiger partial charge in [0.2, 0.25) is 0 Å². The third-order valence-corrected chi connectivity index (χ3v) is 5.67. The van der Waals surface area contributed by atoms with Crippen molar-refractivity contribution in [1.29, 1.82) is 0 Å². The van der Waals surface area contributed by atoms with Crippen molar-refractivity contribution >= 4 is 17.7 Å². The number of carbonyl (C=O) groups excluding carboxylic acids is 3. The van der Waals surface area contributed by atoms with Crippen molar-refractivity contribution in [3.8, 4) is 5.75 Å². The van der Waals surface area contributed by atoms with Gasteiger partial charge in [0.05, 0.1) is 6.04 Å². The Labute approximate surface area is 195 Å². The average Bonchev–Trinajstić information content (AvgIpc) is 3.18. The molecule has 0 aliphatic carbocycles. The second-order valence-corrected chi connectivity index (χ2v) is 7.95. The van der Waals surface area contributed by atoms with Crippen molar-refractivity contribution in [2.24, 2.45) is 0 Å². The largest absolute Gasteiger partial charge is 0.504 e. The number of hydrogen-bond acceptors (Lipinski definition) is 5. The Bertz CT molecular complexity index is 1260. The molecule has 0 fully saturated rings. The van der Waals surface area contributed by atoms with Gasteiger partial charge < -0.3 is 20.6 Å². The van der Waals surface area contributed by atoms with Crippen molar-refractivity contribution in [3.63, 3.8) is 0 Å². The van der Waals surface area contributed by atoms with Gasteiger partial charge >= 0.3 is 0 Å². The lowest BCUT2D eigenvalue weighted by molar-refractivity contribution is 0.0719. The van der Waals surface area contributed by atoms with Gasteiger partial charge in [0, 0.05) is 32.2 Å². The fourth-order valence-corrected chi connectivity index (χ4v) is 3.95. The number of benzene rings is 2. The van der Waals surface area contributed by atoms with Gasteiger partial charge in [-0.3, -0.25) is 14.4 Å². The number of likely N-dealkylation sites (N-methyl/N-ethyl adjacent to an activating group) is 1. The highest BCUT2D eigenvalue weighted by Gasteiger charge is 2.37. The lowest BCUT2D eigenvalue weighted by atomic mass is 10.0. The van der Waals surface area contributed by atoms with Crippen LogP contribution < -0.4 is 10.6 Å². The summed E-state index contributed by atoms with van der Waals surface area (Å²) in [5, 5.41) is 20.2. The summed E-state index contributed by atoms with van der Waals surface area (Å²) in [6.45, 7) is 2.32. The van der Waals surface area contributed by atoms with Crippen molar-refractivity contribution in [1.82, 2.24) is 25.3 Å². The molecule has 1 aliphatic heterocycles. The summed E-state index contributed by atoms with van der Waals surface area (Å²) in [6, 6.07) is 12.7. The molecule has 0 unspecified atom stereocenters. The summed E-state index contributed by atoms with van der Waals surface area (Å²) >= 11 is 0. The average molecular weight is 465 g/mol. The molecule has 3 N–H and O–H groups in total. The first-order valence-corrected chi connectivity index (χ1v) is 10.8. The molecule has 0 spiro atoms. The number of hydrogen-bond donors (Lipinski definition) is 3. The Morgan fingerprint density at radius 3 is 2.59 bits per heavy atom. The zero-order valence-electron chi connectivity index (χ0n) is 18.7. The van der Waals surface area contributed by atoms with E-state index >= 15 is 0 Å². The predicted octanol–water partition coefficient (Wildman–Crippen LogP) is 2.08. The lowest BCUT2D eigenvalue weighted by Gasteiger charge is -2.31. The maximum absolute atomic E-state index is 13.7. The molecule has 1 aromatic heterocycles. The van der Waals surface area contributed by atoms with Crippen molar-refractivity contribution in [2.75, 3.05) is 20.1 Å². The molecule has 9 nitrogen and oxygen atoms in total. The summed E-state index contributed by atoms with van der Waals surface area (Å²) < 4.78 is 15.1. The molecule has 3 amide bonds. The second kappa shape index (κ2) is 9.34. The van der Waals surface area contributed by atoms with Crippen LogP contribution in [0.5, 0.6) is 5.75 Å². The summed E-state index contributed by atoms with van der Waals surface area (Å²) in [4.78, 5) is 39.4. The van der Waals surface area contributed by atoms with Gasteiger partial charge in [-0.1, -0.05) is 36.4 Å². The minimum Gasteiger partial charge on any atom is -0.504 e. The molecule has 176 valence electrons. The van der Waals surface area contributed by atoms with Gasteiger partial charge in [-0.15, -0.1) is 0 Å². The molecule has 10 heteroatoms. The smallest absolute Gasteiger partial charge is 0.275 e. The van der Waals surface area contributed by atoms with Gasteiger partial charge in [0.25, 0.3) is 17.7 Å². The highest BCUT2D eigenvalue weighted by molar-refractivity contribution is 6.02. The Hall–Kier alpha value is -4.21. The maximum Gasteiger partial charge on any atom is 0.275 e. The van der Waals surface area contributed by atoms with Crippen LogP contribution in [-0.4, -0.2) is 57.6 Å². The van der Waals surface area contributed by atoms with Crippen LogP contribution in [0.3, 0.4) is 0 Å². The van der Waals surface area contributed by atoms with Crippen LogP contribution in [0.4, 0.5) is 4.39 Å². The molecule has 3 aromatic rings. The fraction of sp³-hybridized carbons (Fsp3) is 0.250. The SMILES string of the molecule is CCNC(=O)c1cc(F)ccc1CNC(=O)c1nn2c(c1O)C(=O)N(C)C[C@H]2c1ccccc1. The fourth-order valence-electron chi connectivity index (χ4n) is 3.95. The number of rotatable bonds is 6. The van der Waals surface area contributed by atoms with E-state index in [9.17, 15) is 23.9 Å². The van der Waals surface area contributed by atoms with E-state index in [0.717, 1.165) is 11.6 Å². The van der Waals surface area contributed by atoms with Gasteiger partial charge in [0.1, 0.15) is 5.82 Å². The number of nitrogens with one attached hydrogen (secondary N) is 2. The van der Waals surface area contributed by atoms with Crippen LogP contribution >= 0.6 is 0 Å². The zero-order valence-corrected chi connectivity index (χ0v) is 18.7. The van der Waals surface area contributed by atoms with E-state index in [4.69, 9.17) is 0 Å². The highest BCUT2D eigenvalue weighted by Crippen LogP contribution is 2.33. The number of amides is 3. The molecule has 2 heterocycles. The Kier molecular flexibility index (Phi) is 6.31. The summed E-state index contributed by atoms with van der Waals surface area (Å²) in [5.74, 6) is -2.74. The first-order chi connectivity index (χ1) is 16.3. The molecular weight excluding hydrogens is 441 g/mol. The first-order valence-electron chi connectivity index (χ1n) is 10.8. The van der Waals surface area contributed by atoms with Crippen LogP contribution in [0.2, 0.25) is 0 Å². The molecule has 1 atom stereocenters. The summed E-state index contributed by atoms with van der Waals surface area (Å²) in [7, 11) is 1.62. The monoisotopic (exact) mass is 465 g/mol. The third-order valence-electron chi connectivity index (χ3n) is 5.67. The van der Waals surface area contributed by atoms with Crippen LogP contribution in [0.25, 0.3) is 0 Å². The Morgan fingerprint density at radius 1 is 1.15 bits per heavy atom. The van der Waals surface area contributed by atoms with Gasteiger partial charge in [-0.2, -0.15) is 5.10 Å². The standard InChI is InChI=1S/C24H24FN5O4/c1-3-26-22(32)17-11-16(25)10-9-15(17)12-27-23(33)19-21(31)20-24(34)29(2)13-18(30(20)28-19)14-7-5-4-6-8-14/h4-11,18,31H,3,12-13H2,1-2H3,(H,26,32)(H,27,33)/t18-/m0/s1. The molecule has 1 aliphatic rings. The molecule has 0 saturated heterocycles. The lowest BCUT2D eigenvalue weighted by Crippen LogP contribution is -2.41.